The summed E-state index contributed by atoms with van der Waals surface area (Å²) in [5, 5.41) is 3.37. The Labute approximate surface area is 121 Å². The van der Waals surface area contributed by atoms with Crippen molar-refractivity contribution in [2.45, 2.75) is 12.8 Å². The molecule has 1 aromatic heterocycles. The quantitative estimate of drug-likeness (QED) is 0.798. The highest BCUT2D eigenvalue weighted by Gasteiger charge is 2.20. The van der Waals surface area contributed by atoms with Gasteiger partial charge in [0.05, 0.1) is 16.8 Å². The maximum Gasteiger partial charge on any atom is 0.251 e. The third kappa shape index (κ3) is 3.26. The molecule has 1 heterocycles. The standard InChI is InChI=1S/C14H17N3O2S/c15-14-17-11-4-3-10(7-12(11)20-14)13(18)16-5-6-19-8-9-1-2-9/h3-4,7,9H,1-2,5-6,8H2,(H2,15,17)(H,16,18). The molecule has 0 bridgehead atoms. The average Bonchev–Trinajstić information content (AvgIpc) is 3.17. The summed E-state index contributed by atoms with van der Waals surface area (Å²) in [6.45, 7) is 1.92. The average molecular weight is 291 g/mol. The van der Waals surface area contributed by atoms with E-state index in [4.69, 9.17) is 10.5 Å². The summed E-state index contributed by atoms with van der Waals surface area (Å²) >= 11 is 1.39. The lowest BCUT2D eigenvalue weighted by atomic mass is 10.2. The van der Waals surface area contributed by atoms with Gasteiger partial charge in [0.2, 0.25) is 0 Å². The number of nitrogens with zero attached hydrogens (tertiary/aromatic N) is 1. The Morgan fingerprint density at radius 3 is 3.15 bits per heavy atom. The molecule has 5 nitrogen and oxygen atoms in total. The van der Waals surface area contributed by atoms with Gasteiger partial charge in [-0.1, -0.05) is 11.3 Å². The molecule has 6 heteroatoms. The number of carbonyl (C=O) groups is 1. The van der Waals surface area contributed by atoms with E-state index in [1.165, 1.54) is 24.2 Å². The molecule has 1 aromatic carbocycles. The van der Waals surface area contributed by atoms with Crippen LogP contribution in [0.15, 0.2) is 18.2 Å². The minimum Gasteiger partial charge on any atom is -0.379 e. The maximum absolute atomic E-state index is 12.0. The lowest BCUT2D eigenvalue weighted by molar-refractivity contribution is 0.0906. The van der Waals surface area contributed by atoms with Gasteiger partial charge in [0.1, 0.15) is 0 Å². The zero-order valence-electron chi connectivity index (χ0n) is 11.1. The fourth-order valence-electron chi connectivity index (χ4n) is 1.96. The number of anilines is 1. The fourth-order valence-corrected chi connectivity index (χ4v) is 2.73. The van der Waals surface area contributed by atoms with E-state index in [1.807, 2.05) is 12.1 Å². The van der Waals surface area contributed by atoms with Crippen molar-refractivity contribution in [1.82, 2.24) is 10.3 Å². The van der Waals surface area contributed by atoms with Gasteiger partial charge in [0.15, 0.2) is 5.13 Å². The molecule has 106 valence electrons. The smallest absolute Gasteiger partial charge is 0.251 e. The number of fused-ring (bicyclic) bond motifs is 1. The molecular weight excluding hydrogens is 274 g/mol. The molecular formula is C14H17N3O2S. The van der Waals surface area contributed by atoms with Crippen molar-refractivity contribution in [3.05, 3.63) is 23.8 Å². The van der Waals surface area contributed by atoms with Crippen LogP contribution in [0.1, 0.15) is 23.2 Å². The second kappa shape index (κ2) is 5.76. The minimum atomic E-state index is -0.0890. The third-order valence-electron chi connectivity index (χ3n) is 3.25. The Morgan fingerprint density at radius 1 is 1.50 bits per heavy atom. The van der Waals surface area contributed by atoms with Crippen LogP contribution >= 0.6 is 11.3 Å². The van der Waals surface area contributed by atoms with Gasteiger partial charge in [-0.2, -0.15) is 0 Å². The highest BCUT2D eigenvalue weighted by Crippen LogP contribution is 2.28. The highest BCUT2D eigenvalue weighted by molar-refractivity contribution is 7.22. The molecule has 1 amide bonds. The van der Waals surface area contributed by atoms with Crippen LogP contribution in [0.5, 0.6) is 0 Å². The molecule has 0 aliphatic heterocycles. The van der Waals surface area contributed by atoms with Gasteiger partial charge < -0.3 is 15.8 Å². The van der Waals surface area contributed by atoms with Crippen molar-refractivity contribution in [3.8, 4) is 0 Å². The van der Waals surface area contributed by atoms with Crippen molar-refractivity contribution < 1.29 is 9.53 Å². The summed E-state index contributed by atoms with van der Waals surface area (Å²) in [5.74, 6) is 0.666. The Balaban J connectivity index is 1.51. The van der Waals surface area contributed by atoms with Crippen molar-refractivity contribution in [2.24, 2.45) is 5.92 Å². The summed E-state index contributed by atoms with van der Waals surface area (Å²) < 4.78 is 6.41. The predicted octanol–water partition coefficient (Wildman–Crippen LogP) is 2.03. The molecule has 1 aliphatic rings. The van der Waals surface area contributed by atoms with Crippen LogP contribution in [-0.2, 0) is 4.74 Å². The predicted molar refractivity (Wildman–Crippen MR) is 79.9 cm³/mol. The summed E-state index contributed by atoms with van der Waals surface area (Å²) in [7, 11) is 0. The zero-order valence-corrected chi connectivity index (χ0v) is 11.9. The number of nitrogen functional groups attached to an aromatic ring is 1. The van der Waals surface area contributed by atoms with Crippen molar-refractivity contribution in [1.29, 1.82) is 0 Å². The van der Waals surface area contributed by atoms with E-state index >= 15 is 0 Å². The van der Waals surface area contributed by atoms with Crippen molar-refractivity contribution >= 4 is 32.6 Å². The number of carbonyl (C=O) groups excluding carboxylic acids is 1. The van der Waals surface area contributed by atoms with Crippen LogP contribution in [0.4, 0.5) is 5.13 Å². The number of ether oxygens (including phenoxy) is 1. The number of aromatic nitrogens is 1. The van der Waals surface area contributed by atoms with E-state index < -0.39 is 0 Å². The van der Waals surface area contributed by atoms with E-state index in [0.717, 1.165) is 22.7 Å². The first-order chi connectivity index (χ1) is 9.72. The van der Waals surface area contributed by atoms with Crippen molar-refractivity contribution in [2.75, 3.05) is 25.5 Å². The Bertz CT molecular complexity index is 622. The van der Waals surface area contributed by atoms with Gasteiger partial charge in [-0.3, -0.25) is 4.79 Å². The zero-order chi connectivity index (χ0) is 13.9. The first-order valence-corrected chi connectivity index (χ1v) is 7.56. The normalized spacial score (nSPS) is 14.6. The molecule has 1 aliphatic carbocycles. The van der Waals surface area contributed by atoms with Crippen LogP contribution in [-0.4, -0.2) is 30.6 Å². The lowest BCUT2D eigenvalue weighted by Crippen LogP contribution is -2.27. The topological polar surface area (TPSA) is 77.2 Å². The Hall–Kier alpha value is -1.66. The largest absolute Gasteiger partial charge is 0.379 e. The summed E-state index contributed by atoms with van der Waals surface area (Å²) in [6, 6.07) is 5.41. The molecule has 2 aromatic rings. The van der Waals surface area contributed by atoms with Gasteiger partial charge in [-0.15, -0.1) is 0 Å². The molecule has 0 atom stereocenters. The summed E-state index contributed by atoms with van der Waals surface area (Å²) in [6.07, 6.45) is 2.56. The molecule has 0 saturated heterocycles. The SMILES string of the molecule is Nc1nc2ccc(C(=O)NCCOCC3CC3)cc2s1. The maximum atomic E-state index is 12.0. The van der Waals surface area contributed by atoms with E-state index in [-0.39, 0.29) is 5.91 Å². The molecule has 0 unspecified atom stereocenters. The molecule has 1 fully saturated rings. The molecule has 3 rings (SSSR count). The number of benzene rings is 1. The highest BCUT2D eigenvalue weighted by atomic mass is 32.1. The van der Waals surface area contributed by atoms with Gasteiger partial charge in [0.25, 0.3) is 5.91 Å². The monoisotopic (exact) mass is 291 g/mol. The number of hydrogen-bond acceptors (Lipinski definition) is 5. The van der Waals surface area contributed by atoms with Crippen LogP contribution in [0.3, 0.4) is 0 Å². The number of amides is 1. The lowest BCUT2D eigenvalue weighted by Gasteiger charge is -2.06. The summed E-state index contributed by atoms with van der Waals surface area (Å²) in [5.41, 5.74) is 7.11. The van der Waals surface area contributed by atoms with E-state index in [9.17, 15) is 4.79 Å². The van der Waals surface area contributed by atoms with Crippen LogP contribution in [0.2, 0.25) is 0 Å². The number of nitrogens with one attached hydrogen (secondary N) is 1. The number of hydrogen-bond donors (Lipinski definition) is 2. The number of rotatable bonds is 6. The van der Waals surface area contributed by atoms with E-state index in [1.54, 1.807) is 6.07 Å². The van der Waals surface area contributed by atoms with E-state index in [0.29, 0.717) is 23.8 Å². The van der Waals surface area contributed by atoms with Crippen LogP contribution in [0.25, 0.3) is 10.2 Å². The minimum absolute atomic E-state index is 0.0890. The summed E-state index contributed by atoms with van der Waals surface area (Å²) in [4.78, 5) is 16.2. The fraction of sp³-hybridized carbons (Fsp3) is 0.429. The molecule has 1 saturated carbocycles. The van der Waals surface area contributed by atoms with Gasteiger partial charge in [0, 0.05) is 18.7 Å². The second-order valence-corrected chi connectivity index (χ2v) is 6.07. The molecule has 20 heavy (non-hydrogen) atoms. The van der Waals surface area contributed by atoms with Gasteiger partial charge >= 0.3 is 0 Å². The van der Waals surface area contributed by atoms with Crippen molar-refractivity contribution in [3.63, 3.8) is 0 Å². The molecule has 0 spiro atoms. The molecule has 0 radical (unpaired) electrons. The number of nitrogens with two attached hydrogens (primary N) is 1. The van der Waals surface area contributed by atoms with Gasteiger partial charge in [-0.25, -0.2) is 4.98 Å². The first-order valence-electron chi connectivity index (χ1n) is 6.74. The second-order valence-electron chi connectivity index (χ2n) is 5.01. The third-order valence-corrected chi connectivity index (χ3v) is 4.10. The molecule has 3 N–H and O–H groups in total. The van der Waals surface area contributed by atoms with Crippen LogP contribution < -0.4 is 11.1 Å². The van der Waals surface area contributed by atoms with E-state index in [2.05, 4.69) is 10.3 Å². The van der Waals surface area contributed by atoms with Crippen LogP contribution in [0, 0.1) is 5.92 Å². The Kier molecular flexibility index (Phi) is 3.84. The number of thiazole rings is 1. The Morgan fingerprint density at radius 2 is 2.35 bits per heavy atom. The van der Waals surface area contributed by atoms with Gasteiger partial charge in [-0.05, 0) is 37.0 Å². The first kappa shape index (κ1) is 13.3.